The van der Waals surface area contributed by atoms with Crippen LogP contribution < -0.4 is 5.32 Å². The third-order valence-corrected chi connectivity index (χ3v) is 2.80. The summed E-state index contributed by atoms with van der Waals surface area (Å²) in [7, 11) is 1.32. The molecule has 1 N–H and O–H groups in total. The maximum absolute atomic E-state index is 12.8. The van der Waals surface area contributed by atoms with E-state index in [1.807, 2.05) is 0 Å². The van der Waals surface area contributed by atoms with E-state index in [-0.39, 0.29) is 18.2 Å². The number of methoxy groups -OCH3 is 1. The van der Waals surface area contributed by atoms with Crippen molar-refractivity contribution < 1.29 is 31.1 Å². The van der Waals surface area contributed by atoms with Crippen LogP contribution in [-0.4, -0.2) is 20.3 Å². The van der Waals surface area contributed by atoms with Crippen LogP contribution in [0.3, 0.4) is 0 Å². The zero-order valence-electron chi connectivity index (χ0n) is 11.4. The Kier molecular flexibility index (Phi) is 5.63. The van der Waals surface area contributed by atoms with Crippen molar-refractivity contribution in [3.63, 3.8) is 0 Å². The maximum atomic E-state index is 12.8. The molecule has 0 aliphatic rings. The Balaban J connectivity index is 3.36. The molecule has 8 heteroatoms. The number of nitrogens with one attached hydrogen (secondary N) is 1. The van der Waals surface area contributed by atoms with Crippen LogP contribution in [0.5, 0.6) is 0 Å². The third-order valence-electron chi connectivity index (χ3n) is 2.80. The van der Waals surface area contributed by atoms with Gasteiger partial charge in [-0.25, -0.2) is 0 Å². The molecule has 0 aromatic heterocycles. The van der Waals surface area contributed by atoms with E-state index in [4.69, 9.17) is 4.74 Å². The molecule has 21 heavy (non-hydrogen) atoms. The first-order valence-corrected chi connectivity index (χ1v) is 6.11. The first kappa shape index (κ1) is 17.8. The summed E-state index contributed by atoms with van der Waals surface area (Å²) in [6, 6.07) is 0.783. The molecule has 120 valence electrons. The van der Waals surface area contributed by atoms with Crippen molar-refractivity contribution in [1.29, 1.82) is 0 Å². The Labute approximate surface area is 118 Å². The minimum absolute atomic E-state index is 0.0353. The molecular weight excluding hydrogens is 300 g/mol. The van der Waals surface area contributed by atoms with E-state index in [9.17, 15) is 26.3 Å². The summed E-state index contributed by atoms with van der Waals surface area (Å²) in [5, 5.41) is 2.80. The normalized spacial score (nSPS) is 14.3. The summed E-state index contributed by atoms with van der Waals surface area (Å²) in [5.41, 5.74) is -2.77. The molecule has 0 amide bonds. The molecule has 2 nitrogen and oxygen atoms in total. The number of rotatable bonds is 5. The number of ether oxygens (including phenoxy) is 1. The predicted octanol–water partition coefficient (Wildman–Crippen LogP) is 4.02. The van der Waals surface area contributed by atoms with Crippen molar-refractivity contribution in [2.45, 2.75) is 25.3 Å². The van der Waals surface area contributed by atoms with Gasteiger partial charge in [0, 0.05) is 7.11 Å². The van der Waals surface area contributed by atoms with Gasteiger partial charge in [0.25, 0.3) is 0 Å². The second-order valence-corrected chi connectivity index (χ2v) is 4.40. The van der Waals surface area contributed by atoms with Crippen LogP contribution >= 0.6 is 0 Å². The summed E-state index contributed by atoms with van der Waals surface area (Å²) in [6.45, 7) is 2.04. The quantitative estimate of drug-likeness (QED) is 0.829. The lowest BCUT2D eigenvalue weighted by Gasteiger charge is -2.21. The largest absolute Gasteiger partial charge is 0.416 e. The van der Waals surface area contributed by atoms with Gasteiger partial charge in [-0.1, -0.05) is 6.92 Å². The summed E-state index contributed by atoms with van der Waals surface area (Å²) in [6.07, 6.45) is -9.69. The van der Waals surface area contributed by atoms with E-state index < -0.39 is 29.5 Å². The number of hydrogen-bond donors (Lipinski definition) is 1. The van der Waals surface area contributed by atoms with Crippen molar-refractivity contribution in [3.8, 4) is 0 Å². The van der Waals surface area contributed by atoms with Gasteiger partial charge in [0.05, 0.1) is 23.8 Å². The van der Waals surface area contributed by atoms with Gasteiger partial charge in [-0.05, 0) is 30.3 Å². The van der Waals surface area contributed by atoms with Crippen LogP contribution in [0.1, 0.15) is 29.7 Å². The van der Waals surface area contributed by atoms with Crippen LogP contribution in [0.25, 0.3) is 0 Å². The highest BCUT2D eigenvalue weighted by Crippen LogP contribution is 2.37. The van der Waals surface area contributed by atoms with Crippen molar-refractivity contribution in [1.82, 2.24) is 5.32 Å². The van der Waals surface area contributed by atoms with Gasteiger partial charge in [0.1, 0.15) is 0 Å². The Hall–Kier alpha value is -1.28. The summed E-state index contributed by atoms with van der Waals surface area (Å²) in [4.78, 5) is 0. The molecule has 1 unspecified atom stereocenters. The van der Waals surface area contributed by atoms with Gasteiger partial charge in [-0.3, -0.25) is 0 Å². The molecule has 0 saturated carbocycles. The van der Waals surface area contributed by atoms with E-state index >= 15 is 0 Å². The van der Waals surface area contributed by atoms with Crippen LogP contribution in [0.15, 0.2) is 18.2 Å². The summed E-state index contributed by atoms with van der Waals surface area (Å²) >= 11 is 0. The van der Waals surface area contributed by atoms with E-state index in [0.717, 1.165) is 0 Å². The second kappa shape index (κ2) is 6.65. The van der Waals surface area contributed by atoms with Crippen LogP contribution in [0.4, 0.5) is 26.3 Å². The molecule has 0 heterocycles. The monoisotopic (exact) mass is 315 g/mol. The highest BCUT2D eigenvalue weighted by atomic mass is 19.4. The molecule has 0 fully saturated rings. The van der Waals surface area contributed by atoms with Gasteiger partial charge >= 0.3 is 12.4 Å². The minimum atomic E-state index is -4.85. The number of alkyl halides is 6. The van der Waals surface area contributed by atoms with E-state index in [1.165, 1.54) is 7.11 Å². The minimum Gasteiger partial charge on any atom is -0.383 e. The zero-order chi connectivity index (χ0) is 16.3. The molecule has 0 bridgehead atoms. The average molecular weight is 315 g/mol. The SMILES string of the molecule is CCNC(COC)c1cc(C(F)(F)F)cc(C(F)(F)F)c1. The molecular formula is C13H15F6NO. The Bertz CT molecular complexity index is 430. The molecule has 1 rings (SSSR count). The summed E-state index contributed by atoms with van der Waals surface area (Å²) < 4.78 is 81.3. The van der Waals surface area contributed by atoms with Gasteiger partial charge < -0.3 is 10.1 Å². The van der Waals surface area contributed by atoms with Gasteiger partial charge in [0.15, 0.2) is 0 Å². The van der Waals surface area contributed by atoms with Crippen molar-refractivity contribution >= 4 is 0 Å². The Morgan fingerprint density at radius 1 is 1.00 bits per heavy atom. The number of halogens is 6. The van der Waals surface area contributed by atoms with Crippen LogP contribution in [0.2, 0.25) is 0 Å². The third kappa shape index (κ3) is 4.89. The van der Waals surface area contributed by atoms with Gasteiger partial charge in [-0.15, -0.1) is 0 Å². The molecule has 0 saturated heterocycles. The molecule has 0 aliphatic heterocycles. The average Bonchev–Trinajstić information content (AvgIpc) is 2.36. The lowest BCUT2D eigenvalue weighted by molar-refractivity contribution is -0.143. The maximum Gasteiger partial charge on any atom is 0.416 e. The molecule has 0 aliphatic carbocycles. The van der Waals surface area contributed by atoms with Crippen LogP contribution in [0, 0.1) is 0 Å². The van der Waals surface area contributed by atoms with E-state index in [0.29, 0.717) is 18.7 Å². The van der Waals surface area contributed by atoms with Crippen LogP contribution in [-0.2, 0) is 17.1 Å². The molecule has 0 radical (unpaired) electrons. The van der Waals surface area contributed by atoms with Crippen molar-refractivity contribution in [2.24, 2.45) is 0 Å². The molecule has 1 aromatic carbocycles. The lowest BCUT2D eigenvalue weighted by Crippen LogP contribution is -2.26. The fourth-order valence-corrected chi connectivity index (χ4v) is 1.87. The van der Waals surface area contributed by atoms with Crippen molar-refractivity contribution in [2.75, 3.05) is 20.3 Å². The van der Waals surface area contributed by atoms with E-state index in [1.54, 1.807) is 6.92 Å². The molecule has 0 spiro atoms. The smallest absolute Gasteiger partial charge is 0.383 e. The summed E-state index contributed by atoms with van der Waals surface area (Å²) in [5.74, 6) is 0. The molecule has 1 aromatic rings. The first-order chi connectivity index (χ1) is 9.59. The number of hydrogen-bond acceptors (Lipinski definition) is 2. The number of benzene rings is 1. The molecule has 1 atom stereocenters. The topological polar surface area (TPSA) is 21.3 Å². The standard InChI is InChI=1S/C13H15F6NO/c1-3-20-11(7-21-2)8-4-9(12(14,15)16)6-10(5-8)13(17,18)19/h4-6,11,20H,3,7H2,1-2H3. The second-order valence-electron chi connectivity index (χ2n) is 4.40. The first-order valence-electron chi connectivity index (χ1n) is 6.11. The van der Waals surface area contributed by atoms with E-state index in [2.05, 4.69) is 5.32 Å². The van der Waals surface area contributed by atoms with Crippen molar-refractivity contribution in [3.05, 3.63) is 34.9 Å². The Morgan fingerprint density at radius 3 is 1.81 bits per heavy atom. The van der Waals surface area contributed by atoms with Gasteiger partial charge in [-0.2, -0.15) is 26.3 Å². The number of likely N-dealkylation sites (N-methyl/N-ethyl adjacent to an activating group) is 1. The van der Waals surface area contributed by atoms with Gasteiger partial charge in [0.2, 0.25) is 0 Å². The Morgan fingerprint density at radius 2 is 1.48 bits per heavy atom. The predicted molar refractivity (Wildman–Crippen MR) is 64.7 cm³/mol. The fraction of sp³-hybridized carbons (Fsp3) is 0.538. The lowest BCUT2D eigenvalue weighted by atomic mass is 9.99. The fourth-order valence-electron chi connectivity index (χ4n) is 1.87. The highest BCUT2D eigenvalue weighted by Gasteiger charge is 2.37. The zero-order valence-corrected chi connectivity index (χ0v) is 11.4. The highest BCUT2D eigenvalue weighted by molar-refractivity contribution is 5.35.